The van der Waals surface area contributed by atoms with Gasteiger partial charge in [0.05, 0.1) is 6.16 Å². The molecule has 0 aromatic carbocycles. The van der Waals surface area contributed by atoms with Crippen LogP contribution in [0.25, 0.3) is 0 Å². The maximum Gasteiger partial charge on any atom is 0.326 e. The van der Waals surface area contributed by atoms with E-state index in [2.05, 4.69) is 10.3 Å². The van der Waals surface area contributed by atoms with Gasteiger partial charge in [0.15, 0.2) is 0 Å². The summed E-state index contributed by atoms with van der Waals surface area (Å²) in [5.74, 6) is -0.0423. The Morgan fingerprint density at radius 3 is 2.78 bits per heavy atom. The molecule has 100 valence electrons. The zero-order valence-electron chi connectivity index (χ0n) is 9.92. The highest BCUT2D eigenvalue weighted by molar-refractivity contribution is 7.51. The first-order valence-electron chi connectivity index (χ1n) is 5.28. The van der Waals surface area contributed by atoms with E-state index in [1.165, 1.54) is 6.20 Å². The van der Waals surface area contributed by atoms with Gasteiger partial charge < -0.3 is 25.6 Å². The zero-order valence-corrected chi connectivity index (χ0v) is 10.8. The van der Waals surface area contributed by atoms with Crippen molar-refractivity contribution in [3.63, 3.8) is 0 Å². The minimum Gasteiger partial charge on any atom is -0.505 e. The van der Waals surface area contributed by atoms with Crippen LogP contribution >= 0.6 is 7.60 Å². The number of pyridine rings is 1. The molecular weight excluding hydrogens is 257 g/mol. The first-order chi connectivity index (χ1) is 8.35. The molecule has 0 aliphatic heterocycles. The quantitative estimate of drug-likeness (QED) is 0.289. The van der Waals surface area contributed by atoms with Crippen LogP contribution in [-0.4, -0.2) is 38.8 Å². The second-order valence-electron chi connectivity index (χ2n) is 3.85. The highest BCUT2D eigenvalue weighted by atomic mass is 31.2. The number of nitrogens with one attached hydrogen (secondary N) is 2. The largest absolute Gasteiger partial charge is 0.505 e. The van der Waals surface area contributed by atoms with Crippen LogP contribution in [0, 0.1) is 12.3 Å². The van der Waals surface area contributed by atoms with Crippen LogP contribution in [-0.2, 0) is 11.1 Å². The highest BCUT2D eigenvalue weighted by Crippen LogP contribution is 2.32. The van der Waals surface area contributed by atoms with Crippen LogP contribution in [0.3, 0.4) is 0 Å². The molecule has 7 nitrogen and oxygen atoms in total. The second-order valence-corrected chi connectivity index (χ2v) is 5.63. The predicted octanol–water partition coefficient (Wildman–Crippen LogP) is 0.361. The van der Waals surface area contributed by atoms with Crippen molar-refractivity contribution in [2.75, 3.05) is 12.7 Å². The third-order valence-corrected chi connectivity index (χ3v) is 3.28. The van der Waals surface area contributed by atoms with Gasteiger partial charge in [-0.1, -0.05) is 0 Å². The van der Waals surface area contributed by atoms with Crippen molar-refractivity contribution < 1.29 is 19.5 Å². The van der Waals surface area contributed by atoms with Crippen molar-refractivity contribution in [2.45, 2.75) is 13.5 Å². The lowest BCUT2D eigenvalue weighted by molar-refractivity contribution is 0.371. The molecule has 1 aromatic heterocycles. The van der Waals surface area contributed by atoms with E-state index in [-0.39, 0.29) is 24.2 Å². The topological polar surface area (TPSA) is 127 Å². The Balaban J connectivity index is 2.61. The lowest BCUT2D eigenvalue weighted by atomic mass is 10.1. The van der Waals surface area contributed by atoms with Gasteiger partial charge in [0.25, 0.3) is 0 Å². The molecule has 1 aromatic rings. The number of aromatic hydroxyl groups is 1. The molecule has 18 heavy (non-hydrogen) atoms. The van der Waals surface area contributed by atoms with E-state index in [4.69, 9.17) is 15.2 Å². The average molecular weight is 273 g/mol. The second kappa shape index (κ2) is 6.06. The monoisotopic (exact) mass is 273 g/mol. The Kier molecular flexibility index (Phi) is 4.98. The molecule has 0 spiro atoms. The number of hydrogen-bond acceptors (Lipinski definition) is 5. The summed E-state index contributed by atoms with van der Waals surface area (Å²) < 4.78 is 10.6. The Morgan fingerprint density at radius 2 is 2.22 bits per heavy atom. The number of nitrogens with zero attached hydrogens (tertiary/aromatic N) is 1. The molecule has 0 radical (unpaired) electrons. The van der Waals surface area contributed by atoms with Crippen molar-refractivity contribution in [1.29, 1.82) is 5.41 Å². The van der Waals surface area contributed by atoms with Crippen molar-refractivity contribution in [3.05, 3.63) is 23.0 Å². The van der Waals surface area contributed by atoms with Gasteiger partial charge in [-0.3, -0.25) is 9.55 Å². The van der Waals surface area contributed by atoms with E-state index >= 15 is 0 Å². The maximum absolute atomic E-state index is 10.6. The molecule has 0 atom stereocenters. The van der Waals surface area contributed by atoms with Gasteiger partial charge in [0, 0.05) is 25.5 Å². The summed E-state index contributed by atoms with van der Waals surface area (Å²) in [7, 11) is -3.98. The maximum atomic E-state index is 10.6. The van der Waals surface area contributed by atoms with Crippen LogP contribution in [0.5, 0.6) is 5.75 Å². The van der Waals surface area contributed by atoms with E-state index in [0.717, 1.165) is 11.8 Å². The summed E-state index contributed by atoms with van der Waals surface area (Å²) in [6.07, 6.45) is 2.26. The molecule has 5 N–H and O–H groups in total. The highest BCUT2D eigenvalue weighted by Gasteiger charge is 2.12. The first-order valence-corrected chi connectivity index (χ1v) is 7.08. The molecule has 0 aliphatic carbocycles. The minimum atomic E-state index is -3.98. The summed E-state index contributed by atoms with van der Waals surface area (Å²) in [4.78, 5) is 21.2. The van der Waals surface area contributed by atoms with Gasteiger partial charge in [0.2, 0.25) is 0 Å². The SMILES string of the molecule is Cc1c(CNCCP(=O)(O)O)cnc(C=N)c1O. The van der Waals surface area contributed by atoms with E-state index in [9.17, 15) is 9.67 Å². The van der Waals surface area contributed by atoms with Gasteiger partial charge in [-0.25, -0.2) is 0 Å². The molecule has 0 aliphatic rings. The lowest BCUT2D eigenvalue weighted by Crippen LogP contribution is -2.18. The minimum absolute atomic E-state index is 0.0423. The standard InChI is InChI=1S/C10H16N3O4P/c1-7-8(5-12-2-3-18(15,16)17)6-13-9(4-11)10(7)14/h4,6,11-12,14H,2-3,5H2,1H3,(H2,15,16,17). The van der Waals surface area contributed by atoms with Crippen LogP contribution < -0.4 is 5.32 Å². The number of hydrogen-bond donors (Lipinski definition) is 5. The van der Waals surface area contributed by atoms with Crippen molar-refractivity contribution >= 4 is 13.8 Å². The summed E-state index contributed by atoms with van der Waals surface area (Å²) in [6, 6.07) is 0. The van der Waals surface area contributed by atoms with Crippen LogP contribution in [0.4, 0.5) is 0 Å². The van der Waals surface area contributed by atoms with Crippen molar-refractivity contribution in [2.24, 2.45) is 0 Å². The van der Waals surface area contributed by atoms with E-state index in [0.29, 0.717) is 12.1 Å². The predicted molar refractivity (Wildman–Crippen MR) is 67.1 cm³/mol. The molecule has 8 heteroatoms. The Hall–Kier alpha value is -1.27. The van der Waals surface area contributed by atoms with Crippen molar-refractivity contribution in [3.8, 4) is 5.75 Å². The number of aromatic nitrogens is 1. The molecule has 0 unspecified atom stereocenters. The summed E-state index contributed by atoms with van der Waals surface area (Å²) >= 11 is 0. The molecule has 1 rings (SSSR count). The fraction of sp³-hybridized carbons (Fsp3) is 0.400. The first kappa shape index (κ1) is 14.8. The molecule has 1 heterocycles. The molecule has 0 bridgehead atoms. The Bertz CT molecular complexity index is 486. The normalized spacial score (nSPS) is 11.5. The average Bonchev–Trinajstić information content (AvgIpc) is 2.28. The van der Waals surface area contributed by atoms with Crippen molar-refractivity contribution in [1.82, 2.24) is 10.3 Å². The third-order valence-electron chi connectivity index (χ3n) is 2.47. The summed E-state index contributed by atoms with van der Waals surface area (Å²) in [5.41, 5.74) is 1.53. The molecular formula is C10H16N3O4P. The van der Waals surface area contributed by atoms with Gasteiger partial charge in [0.1, 0.15) is 11.4 Å². The van der Waals surface area contributed by atoms with Crippen LogP contribution in [0.1, 0.15) is 16.8 Å². The van der Waals surface area contributed by atoms with Gasteiger partial charge >= 0.3 is 7.60 Å². The lowest BCUT2D eigenvalue weighted by Gasteiger charge is -2.10. The molecule has 0 amide bonds. The van der Waals surface area contributed by atoms with E-state index in [1.807, 2.05) is 0 Å². The van der Waals surface area contributed by atoms with E-state index < -0.39 is 7.60 Å². The zero-order chi connectivity index (χ0) is 13.8. The molecule has 0 saturated heterocycles. The molecule has 0 saturated carbocycles. The fourth-order valence-corrected chi connectivity index (χ4v) is 1.83. The number of rotatable bonds is 6. The Morgan fingerprint density at radius 1 is 1.56 bits per heavy atom. The Labute approximate surface area is 105 Å². The van der Waals surface area contributed by atoms with Crippen LogP contribution in [0.15, 0.2) is 6.20 Å². The van der Waals surface area contributed by atoms with Gasteiger partial charge in [-0.2, -0.15) is 0 Å². The summed E-state index contributed by atoms with van der Waals surface area (Å²) in [6.45, 7) is 2.23. The van der Waals surface area contributed by atoms with E-state index in [1.54, 1.807) is 6.92 Å². The van der Waals surface area contributed by atoms with Crippen LogP contribution in [0.2, 0.25) is 0 Å². The van der Waals surface area contributed by atoms with Gasteiger partial charge in [-0.15, -0.1) is 0 Å². The summed E-state index contributed by atoms with van der Waals surface area (Å²) in [5, 5.41) is 19.6. The fourth-order valence-electron chi connectivity index (χ4n) is 1.38. The third kappa shape index (κ3) is 4.19. The molecule has 0 fully saturated rings. The smallest absolute Gasteiger partial charge is 0.326 e. The van der Waals surface area contributed by atoms with Gasteiger partial charge in [-0.05, 0) is 18.1 Å².